The summed E-state index contributed by atoms with van der Waals surface area (Å²) in [5.41, 5.74) is 2.80. The molecule has 3 aromatic rings. The van der Waals surface area contributed by atoms with Crippen LogP contribution in [0.1, 0.15) is 102 Å². The quantitative estimate of drug-likeness (QED) is 0.186. The van der Waals surface area contributed by atoms with Crippen molar-refractivity contribution in [2.24, 2.45) is 0 Å². The van der Waals surface area contributed by atoms with Crippen molar-refractivity contribution < 1.29 is 4.55 Å². The Morgan fingerprint density at radius 3 is 1.40 bits per heavy atom. The maximum Gasteiger partial charge on any atom is 0.180 e. The van der Waals surface area contributed by atoms with Crippen LogP contribution in [-0.4, -0.2) is 4.55 Å². The van der Waals surface area contributed by atoms with Gasteiger partial charge in [0.25, 0.3) is 0 Å². The number of benzene rings is 2. The molecule has 0 amide bonds. The molecule has 0 radical (unpaired) electrons. The third-order valence-corrected chi connectivity index (χ3v) is 7.93. The molecule has 0 bridgehead atoms. The largest absolute Gasteiger partial charge is 0.590 e. The zero-order valence-electron chi connectivity index (χ0n) is 19.2. The first-order valence-corrected chi connectivity index (χ1v) is 13.6. The van der Waals surface area contributed by atoms with Crippen LogP contribution in [0.4, 0.5) is 0 Å². The van der Waals surface area contributed by atoms with Crippen LogP contribution in [0.15, 0.2) is 36.4 Å². The summed E-state index contributed by atoms with van der Waals surface area (Å²) in [5, 5.41) is 2.44. The monoisotopic (exact) mass is 424 g/mol. The van der Waals surface area contributed by atoms with Crippen molar-refractivity contribution in [1.29, 1.82) is 0 Å². The minimum atomic E-state index is -1.01. The molecule has 0 saturated carbocycles. The van der Waals surface area contributed by atoms with Crippen LogP contribution in [0, 0.1) is 0 Å². The third kappa shape index (κ3) is 6.31. The Morgan fingerprint density at radius 2 is 0.967 bits per heavy atom. The van der Waals surface area contributed by atoms with E-state index in [4.69, 9.17) is 0 Å². The summed E-state index contributed by atoms with van der Waals surface area (Å²) in [5.74, 6) is 0. The van der Waals surface area contributed by atoms with E-state index in [9.17, 15) is 4.55 Å². The summed E-state index contributed by atoms with van der Waals surface area (Å²) < 4.78 is 15.0. The molecule has 30 heavy (non-hydrogen) atoms. The molecule has 0 aliphatic rings. The molecule has 0 spiro atoms. The van der Waals surface area contributed by atoms with Gasteiger partial charge < -0.3 is 4.55 Å². The Bertz CT molecular complexity index is 835. The fourth-order valence-corrected chi connectivity index (χ4v) is 5.90. The third-order valence-electron chi connectivity index (χ3n) is 6.42. The lowest BCUT2D eigenvalue weighted by atomic mass is 10.0. The molecule has 164 valence electrons. The fourth-order valence-electron chi connectivity index (χ4n) is 4.55. The SMILES string of the molecule is CCCCCCCCc1ccc2c(c1)c1cc(CCCCCCCC)ccc1[s+]2[O-]. The second kappa shape index (κ2) is 12.5. The van der Waals surface area contributed by atoms with E-state index in [1.54, 1.807) is 0 Å². The van der Waals surface area contributed by atoms with E-state index < -0.39 is 10.8 Å². The van der Waals surface area contributed by atoms with Crippen LogP contribution in [-0.2, 0) is 12.8 Å². The first-order valence-electron chi connectivity index (χ1n) is 12.4. The molecule has 1 nitrogen and oxygen atoms in total. The Kier molecular flexibility index (Phi) is 9.68. The van der Waals surface area contributed by atoms with Crippen molar-refractivity contribution in [3.8, 4) is 0 Å². The van der Waals surface area contributed by atoms with Crippen LogP contribution in [0.5, 0.6) is 0 Å². The molecule has 0 saturated heterocycles. The Labute approximate surface area is 186 Å². The maximum atomic E-state index is 12.9. The fraction of sp³-hybridized carbons (Fsp3) is 0.571. The van der Waals surface area contributed by atoms with Crippen molar-refractivity contribution in [3.63, 3.8) is 0 Å². The second-order valence-corrected chi connectivity index (χ2v) is 10.4. The molecule has 3 rings (SSSR count). The van der Waals surface area contributed by atoms with Gasteiger partial charge in [0.1, 0.15) is 0 Å². The molecule has 1 aromatic heterocycles. The highest BCUT2D eigenvalue weighted by Gasteiger charge is 2.16. The average Bonchev–Trinajstić information content (AvgIpc) is 3.04. The Hall–Kier alpha value is -1.38. The van der Waals surface area contributed by atoms with E-state index in [0.29, 0.717) is 0 Å². The molecule has 2 aromatic carbocycles. The predicted molar refractivity (Wildman–Crippen MR) is 134 cm³/mol. The highest BCUT2D eigenvalue weighted by Crippen LogP contribution is 2.41. The number of aryl methyl sites for hydroxylation is 2. The van der Waals surface area contributed by atoms with E-state index in [1.807, 2.05) is 0 Å². The van der Waals surface area contributed by atoms with E-state index in [2.05, 4.69) is 50.2 Å². The summed E-state index contributed by atoms with van der Waals surface area (Å²) >= 11 is 0. The van der Waals surface area contributed by atoms with Crippen LogP contribution in [0.3, 0.4) is 0 Å². The van der Waals surface area contributed by atoms with Gasteiger partial charge in [-0.05, 0) is 71.8 Å². The van der Waals surface area contributed by atoms with Gasteiger partial charge in [-0.15, -0.1) is 0 Å². The molecule has 0 N–H and O–H groups in total. The lowest BCUT2D eigenvalue weighted by Crippen LogP contribution is -1.87. The second-order valence-electron chi connectivity index (χ2n) is 8.97. The van der Waals surface area contributed by atoms with E-state index in [-0.39, 0.29) is 0 Å². The molecular weight excluding hydrogens is 384 g/mol. The number of thiophene rings is 1. The molecule has 0 fully saturated rings. The van der Waals surface area contributed by atoms with Gasteiger partial charge in [0.2, 0.25) is 0 Å². The Morgan fingerprint density at radius 1 is 0.567 bits per heavy atom. The minimum Gasteiger partial charge on any atom is -0.590 e. The molecular formula is C28H40OS. The Balaban J connectivity index is 1.66. The zero-order chi connectivity index (χ0) is 21.2. The number of hydrogen-bond acceptors (Lipinski definition) is 1. The lowest BCUT2D eigenvalue weighted by molar-refractivity contribution is 0.602. The number of fused-ring (bicyclic) bond motifs is 3. The molecule has 2 heteroatoms. The van der Waals surface area contributed by atoms with Crippen LogP contribution in [0.25, 0.3) is 20.2 Å². The van der Waals surface area contributed by atoms with E-state index in [0.717, 1.165) is 22.2 Å². The van der Waals surface area contributed by atoms with Crippen molar-refractivity contribution in [2.45, 2.75) is 104 Å². The van der Waals surface area contributed by atoms with Gasteiger partial charge in [0, 0.05) is 10.8 Å². The van der Waals surface area contributed by atoms with Crippen molar-refractivity contribution in [1.82, 2.24) is 0 Å². The van der Waals surface area contributed by atoms with Gasteiger partial charge in [-0.1, -0.05) is 90.2 Å². The van der Waals surface area contributed by atoms with Crippen molar-refractivity contribution >= 4 is 30.9 Å². The van der Waals surface area contributed by atoms with Crippen molar-refractivity contribution in [2.75, 3.05) is 0 Å². The summed E-state index contributed by atoms with van der Waals surface area (Å²) in [4.78, 5) is 0. The molecule has 0 atom stereocenters. The summed E-state index contributed by atoms with van der Waals surface area (Å²) in [7, 11) is -1.01. The van der Waals surface area contributed by atoms with Gasteiger partial charge in [0.15, 0.2) is 9.40 Å². The van der Waals surface area contributed by atoms with E-state index >= 15 is 0 Å². The van der Waals surface area contributed by atoms with Crippen LogP contribution >= 0.6 is 10.8 Å². The van der Waals surface area contributed by atoms with Gasteiger partial charge >= 0.3 is 0 Å². The van der Waals surface area contributed by atoms with Gasteiger partial charge in [-0.25, -0.2) is 0 Å². The van der Waals surface area contributed by atoms with Crippen molar-refractivity contribution in [3.05, 3.63) is 47.5 Å². The number of rotatable bonds is 14. The first kappa shape index (κ1) is 23.3. The summed E-state index contributed by atoms with van der Waals surface area (Å²) in [6.07, 6.45) is 18.2. The van der Waals surface area contributed by atoms with Crippen LogP contribution < -0.4 is 0 Å². The summed E-state index contributed by atoms with van der Waals surface area (Å²) in [6, 6.07) is 13.3. The van der Waals surface area contributed by atoms with Crippen LogP contribution in [0.2, 0.25) is 0 Å². The predicted octanol–water partition coefficient (Wildman–Crippen LogP) is 9.53. The molecule has 0 aliphatic carbocycles. The highest BCUT2D eigenvalue weighted by atomic mass is 32.2. The number of hydrogen-bond donors (Lipinski definition) is 0. The summed E-state index contributed by atoms with van der Waals surface area (Å²) in [6.45, 7) is 4.54. The standard InChI is InChI=1S/C28H40OS/c1-3-5-7-9-11-13-15-23-17-19-27-25(21-23)26-22-24(18-20-28(26)30(27)29)16-14-12-10-8-6-4-2/h17-22H,3-16H2,1-2H3. The molecule has 0 unspecified atom stereocenters. The van der Waals surface area contributed by atoms with Gasteiger partial charge in [0.05, 0.1) is 0 Å². The normalized spacial score (nSPS) is 11.7. The van der Waals surface area contributed by atoms with E-state index in [1.165, 1.54) is 98.9 Å². The smallest absolute Gasteiger partial charge is 0.180 e. The number of unbranched alkanes of at least 4 members (excludes halogenated alkanes) is 10. The maximum absolute atomic E-state index is 12.9. The zero-order valence-corrected chi connectivity index (χ0v) is 20.0. The highest BCUT2D eigenvalue weighted by molar-refractivity contribution is 7.37. The average molecular weight is 425 g/mol. The van der Waals surface area contributed by atoms with Gasteiger partial charge in [-0.3, -0.25) is 0 Å². The topological polar surface area (TPSA) is 23.1 Å². The van der Waals surface area contributed by atoms with Gasteiger partial charge in [-0.2, -0.15) is 0 Å². The molecule has 1 heterocycles. The minimum absolute atomic E-state index is 1.01. The lowest BCUT2D eigenvalue weighted by Gasteiger charge is -2.03. The first-order chi connectivity index (χ1) is 14.7. The molecule has 0 aliphatic heterocycles.